The maximum atomic E-state index is 10.8. The van der Waals surface area contributed by atoms with Gasteiger partial charge in [0.1, 0.15) is 10.8 Å². The van der Waals surface area contributed by atoms with Crippen molar-refractivity contribution in [1.82, 2.24) is 9.97 Å². The first kappa shape index (κ1) is 11.5. The number of hydrogen-bond donors (Lipinski definition) is 2. The van der Waals surface area contributed by atoms with Gasteiger partial charge in [-0.05, 0) is 19.1 Å². The Morgan fingerprint density at radius 1 is 1.59 bits per heavy atom. The number of hydrogen-bond acceptors (Lipinski definition) is 5. The maximum Gasteiger partial charge on any atom is 0.335 e. The van der Waals surface area contributed by atoms with Crippen molar-refractivity contribution in [3.63, 3.8) is 0 Å². The van der Waals surface area contributed by atoms with Crippen LogP contribution in [0.5, 0.6) is 0 Å². The van der Waals surface area contributed by atoms with Crippen molar-refractivity contribution in [1.29, 1.82) is 0 Å². The molecule has 2 rings (SSSR count). The predicted octanol–water partition coefficient (Wildman–Crippen LogP) is 2.16. The first-order valence-electron chi connectivity index (χ1n) is 4.99. The maximum absolute atomic E-state index is 10.8. The standard InChI is InChI=1S/C11H11N3O2S/c1-7-6-17-10(14-7)5-13-9-4-8(11(15)16)2-3-12-9/h2-4,6H,5H2,1H3,(H,12,13)(H,15,16). The molecule has 0 fully saturated rings. The number of rotatable bonds is 4. The molecule has 0 atom stereocenters. The molecule has 0 radical (unpaired) electrons. The molecule has 0 aliphatic rings. The Morgan fingerprint density at radius 2 is 2.41 bits per heavy atom. The zero-order valence-electron chi connectivity index (χ0n) is 9.17. The number of carbonyl (C=O) groups is 1. The lowest BCUT2D eigenvalue weighted by atomic mass is 10.2. The fourth-order valence-electron chi connectivity index (χ4n) is 1.31. The second kappa shape index (κ2) is 4.92. The number of pyridine rings is 1. The van der Waals surface area contributed by atoms with Crippen LogP contribution in [-0.2, 0) is 6.54 Å². The van der Waals surface area contributed by atoms with Gasteiger partial charge in [0.25, 0.3) is 0 Å². The van der Waals surface area contributed by atoms with E-state index in [0.717, 1.165) is 10.7 Å². The molecule has 0 aliphatic carbocycles. The van der Waals surface area contributed by atoms with E-state index in [1.165, 1.54) is 18.3 Å². The molecule has 0 bridgehead atoms. The van der Waals surface area contributed by atoms with E-state index in [-0.39, 0.29) is 5.56 Å². The smallest absolute Gasteiger partial charge is 0.335 e. The molecule has 0 aliphatic heterocycles. The van der Waals surface area contributed by atoms with Crippen molar-refractivity contribution in [3.05, 3.63) is 40.0 Å². The number of thiazole rings is 1. The van der Waals surface area contributed by atoms with E-state index in [2.05, 4.69) is 15.3 Å². The van der Waals surface area contributed by atoms with Gasteiger partial charge in [-0.1, -0.05) is 0 Å². The van der Waals surface area contributed by atoms with Gasteiger partial charge in [-0.2, -0.15) is 0 Å². The zero-order chi connectivity index (χ0) is 12.3. The van der Waals surface area contributed by atoms with Crippen LogP contribution in [0.15, 0.2) is 23.7 Å². The average molecular weight is 249 g/mol. The lowest BCUT2D eigenvalue weighted by Crippen LogP contribution is -2.03. The average Bonchev–Trinajstić information content (AvgIpc) is 2.73. The number of carboxylic acid groups (broad SMARTS) is 1. The molecule has 0 spiro atoms. The fourth-order valence-corrected chi connectivity index (χ4v) is 2.02. The molecule has 2 aromatic heterocycles. The third-order valence-electron chi connectivity index (χ3n) is 2.09. The summed E-state index contributed by atoms with van der Waals surface area (Å²) in [5.41, 5.74) is 1.21. The number of nitrogens with zero attached hydrogens (tertiary/aromatic N) is 2. The molecule has 17 heavy (non-hydrogen) atoms. The predicted molar refractivity (Wildman–Crippen MR) is 65.4 cm³/mol. The Morgan fingerprint density at radius 3 is 3.06 bits per heavy atom. The molecule has 2 N–H and O–H groups in total. The molecule has 0 amide bonds. The summed E-state index contributed by atoms with van der Waals surface area (Å²) >= 11 is 1.56. The van der Waals surface area contributed by atoms with Gasteiger partial charge in [0.05, 0.1) is 12.1 Å². The molecule has 88 valence electrons. The minimum atomic E-state index is -0.958. The highest BCUT2D eigenvalue weighted by atomic mass is 32.1. The second-order valence-corrected chi connectivity index (χ2v) is 4.41. The van der Waals surface area contributed by atoms with E-state index < -0.39 is 5.97 Å². The first-order valence-corrected chi connectivity index (χ1v) is 5.87. The summed E-state index contributed by atoms with van der Waals surface area (Å²) in [5, 5.41) is 14.8. The van der Waals surface area contributed by atoms with Crippen LogP contribution >= 0.6 is 11.3 Å². The van der Waals surface area contributed by atoms with Crippen LogP contribution in [-0.4, -0.2) is 21.0 Å². The third kappa shape index (κ3) is 3.01. The number of aryl methyl sites for hydroxylation is 1. The van der Waals surface area contributed by atoms with Crippen LogP contribution < -0.4 is 5.32 Å². The van der Waals surface area contributed by atoms with Crippen molar-refractivity contribution in [2.24, 2.45) is 0 Å². The van der Waals surface area contributed by atoms with Crippen molar-refractivity contribution >= 4 is 23.1 Å². The number of anilines is 1. The molecule has 2 heterocycles. The van der Waals surface area contributed by atoms with Gasteiger partial charge in [-0.15, -0.1) is 11.3 Å². The number of aromatic nitrogens is 2. The van der Waals surface area contributed by atoms with Gasteiger partial charge >= 0.3 is 5.97 Å². The van der Waals surface area contributed by atoms with Crippen LogP contribution in [0.1, 0.15) is 21.1 Å². The van der Waals surface area contributed by atoms with Crippen LogP contribution in [0.3, 0.4) is 0 Å². The highest BCUT2D eigenvalue weighted by Gasteiger charge is 2.04. The summed E-state index contributed by atoms with van der Waals surface area (Å²) in [6.45, 7) is 2.48. The largest absolute Gasteiger partial charge is 0.478 e. The molecule has 5 nitrogen and oxygen atoms in total. The lowest BCUT2D eigenvalue weighted by molar-refractivity contribution is 0.0697. The molecule has 0 unspecified atom stereocenters. The highest BCUT2D eigenvalue weighted by Crippen LogP contribution is 2.12. The van der Waals surface area contributed by atoms with Gasteiger partial charge in [0.15, 0.2) is 0 Å². The first-order chi connectivity index (χ1) is 8.15. The normalized spacial score (nSPS) is 10.2. The molecular weight excluding hydrogens is 238 g/mol. The van der Waals surface area contributed by atoms with Gasteiger partial charge in [-0.3, -0.25) is 0 Å². The molecule has 6 heteroatoms. The van der Waals surface area contributed by atoms with E-state index in [1.54, 1.807) is 11.3 Å². The summed E-state index contributed by atoms with van der Waals surface area (Å²) in [4.78, 5) is 19.1. The van der Waals surface area contributed by atoms with Gasteiger partial charge in [-0.25, -0.2) is 14.8 Å². The lowest BCUT2D eigenvalue weighted by Gasteiger charge is -2.03. The number of carboxylic acids is 1. The Labute approximate surface area is 102 Å². The molecular formula is C11H11N3O2S. The van der Waals surface area contributed by atoms with Crippen LogP contribution in [0, 0.1) is 6.92 Å². The monoisotopic (exact) mass is 249 g/mol. The van der Waals surface area contributed by atoms with Crippen LogP contribution in [0.2, 0.25) is 0 Å². The summed E-state index contributed by atoms with van der Waals surface area (Å²) in [6.07, 6.45) is 1.47. The van der Waals surface area contributed by atoms with Crippen molar-refractivity contribution < 1.29 is 9.90 Å². The van der Waals surface area contributed by atoms with E-state index in [0.29, 0.717) is 12.4 Å². The Balaban J connectivity index is 2.04. The quantitative estimate of drug-likeness (QED) is 0.868. The van der Waals surface area contributed by atoms with E-state index in [1.807, 2.05) is 12.3 Å². The van der Waals surface area contributed by atoms with Gasteiger partial charge in [0.2, 0.25) is 0 Å². The van der Waals surface area contributed by atoms with Crippen molar-refractivity contribution in [2.45, 2.75) is 13.5 Å². The van der Waals surface area contributed by atoms with Crippen molar-refractivity contribution in [3.8, 4) is 0 Å². The Bertz CT molecular complexity index is 539. The topological polar surface area (TPSA) is 75.1 Å². The minimum absolute atomic E-state index is 0.220. The van der Waals surface area contributed by atoms with Crippen molar-refractivity contribution in [2.75, 3.05) is 5.32 Å². The fraction of sp³-hybridized carbons (Fsp3) is 0.182. The summed E-state index contributed by atoms with van der Waals surface area (Å²) < 4.78 is 0. The van der Waals surface area contributed by atoms with Gasteiger partial charge in [0, 0.05) is 17.3 Å². The number of nitrogens with one attached hydrogen (secondary N) is 1. The van der Waals surface area contributed by atoms with Crippen LogP contribution in [0.25, 0.3) is 0 Å². The molecule has 0 saturated carbocycles. The Hall–Kier alpha value is -1.95. The van der Waals surface area contributed by atoms with Crippen LogP contribution in [0.4, 0.5) is 5.82 Å². The summed E-state index contributed by atoms with van der Waals surface area (Å²) in [6, 6.07) is 2.96. The third-order valence-corrected chi connectivity index (χ3v) is 3.06. The highest BCUT2D eigenvalue weighted by molar-refractivity contribution is 7.09. The van der Waals surface area contributed by atoms with E-state index in [4.69, 9.17) is 5.11 Å². The molecule has 0 aromatic carbocycles. The summed E-state index contributed by atoms with van der Waals surface area (Å²) in [5.74, 6) is -0.418. The van der Waals surface area contributed by atoms with E-state index in [9.17, 15) is 4.79 Å². The SMILES string of the molecule is Cc1csc(CNc2cc(C(=O)O)ccn2)n1. The zero-order valence-corrected chi connectivity index (χ0v) is 9.99. The molecule has 0 saturated heterocycles. The Kier molecular flexibility index (Phi) is 3.34. The van der Waals surface area contributed by atoms with Gasteiger partial charge < -0.3 is 10.4 Å². The minimum Gasteiger partial charge on any atom is -0.478 e. The van der Waals surface area contributed by atoms with E-state index >= 15 is 0 Å². The number of aromatic carboxylic acids is 1. The molecule has 2 aromatic rings. The second-order valence-electron chi connectivity index (χ2n) is 3.47. The summed E-state index contributed by atoms with van der Waals surface area (Å²) in [7, 11) is 0.